The summed E-state index contributed by atoms with van der Waals surface area (Å²) < 4.78 is 50.8. The molecule has 0 saturated carbocycles. The lowest BCUT2D eigenvalue weighted by Crippen LogP contribution is -2.03. The first-order valence-corrected chi connectivity index (χ1v) is 3.99. The summed E-state index contributed by atoms with van der Waals surface area (Å²) in [5, 5.41) is 0. The predicted molar refractivity (Wildman–Crippen MR) is 42.9 cm³/mol. The Hall–Kier alpha value is -0.710. The fourth-order valence-corrected chi connectivity index (χ4v) is 1.34. The highest BCUT2D eigenvalue weighted by Gasteiger charge is 2.22. The number of hydrogen-bond acceptors (Lipinski definition) is 1. The summed E-state index contributed by atoms with van der Waals surface area (Å²) in [5.41, 5.74) is -0.250. The quantitative estimate of drug-likeness (QED) is 0.313. The summed E-state index contributed by atoms with van der Waals surface area (Å²) in [5.74, 6) is -6.42. The monoisotopic (exact) mass is 210 g/mol. The van der Waals surface area contributed by atoms with Gasteiger partial charge >= 0.3 is 0 Å². The minimum atomic E-state index is -1.82. The molecule has 0 aliphatic carbocycles. The number of halogens is 4. The second-order valence-electron chi connectivity index (χ2n) is 2.44. The zero-order valence-corrected chi connectivity index (χ0v) is 7.56. The normalized spacial score (nSPS) is 10.6. The highest BCUT2D eigenvalue weighted by Crippen LogP contribution is 2.26. The maximum atomic E-state index is 12.9. The second-order valence-corrected chi connectivity index (χ2v) is 2.88. The molecule has 0 heterocycles. The zero-order valence-electron chi connectivity index (χ0n) is 6.67. The van der Waals surface area contributed by atoms with Crippen LogP contribution in [0.1, 0.15) is 12.5 Å². The van der Waals surface area contributed by atoms with Crippen molar-refractivity contribution >= 4 is 12.6 Å². The van der Waals surface area contributed by atoms with Crippen LogP contribution in [0, 0.1) is 23.3 Å². The average Bonchev–Trinajstić information content (AvgIpc) is 2.13. The van der Waals surface area contributed by atoms with Crippen LogP contribution in [0.3, 0.4) is 0 Å². The average molecular weight is 210 g/mol. The molecule has 0 nitrogen and oxygen atoms in total. The van der Waals surface area contributed by atoms with Gasteiger partial charge in [-0.1, -0.05) is 6.92 Å². The van der Waals surface area contributed by atoms with Crippen molar-refractivity contribution in [2.45, 2.75) is 18.2 Å². The van der Waals surface area contributed by atoms with Gasteiger partial charge in [-0.25, -0.2) is 17.6 Å². The van der Waals surface area contributed by atoms with Gasteiger partial charge in [-0.3, -0.25) is 0 Å². The van der Waals surface area contributed by atoms with Crippen LogP contribution in [0.5, 0.6) is 0 Å². The first kappa shape index (κ1) is 10.4. The second kappa shape index (κ2) is 3.57. The van der Waals surface area contributed by atoms with Gasteiger partial charge in [0.2, 0.25) is 0 Å². The van der Waals surface area contributed by atoms with Crippen molar-refractivity contribution in [3.63, 3.8) is 0 Å². The third kappa shape index (κ3) is 1.52. The molecule has 0 radical (unpaired) electrons. The Morgan fingerprint density at radius 3 is 1.85 bits per heavy atom. The fourth-order valence-electron chi connectivity index (χ4n) is 0.988. The Balaban J connectivity index is 3.56. The van der Waals surface area contributed by atoms with Crippen LogP contribution in [0.2, 0.25) is 0 Å². The van der Waals surface area contributed by atoms with Crippen molar-refractivity contribution in [3.8, 4) is 0 Å². The fraction of sp³-hybridized carbons (Fsp3) is 0.250. The minimum Gasteiger partial charge on any atom is -0.203 e. The molecule has 1 aromatic carbocycles. The van der Waals surface area contributed by atoms with Gasteiger partial charge < -0.3 is 0 Å². The summed E-state index contributed by atoms with van der Waals surface area (Å²) >= 11 is 3.56. The van der Waals surface area contributed by atoms with Crippen LogP contribution in [-0.4, -0.2) is 0 Å². The van der Waals surface area contributed by atoms with Gasteiger partial charge in [-0.15, -0.1) is 12.6 Å². The molecule has 0 aliphatic rings. The molecule has 72 valence electrons. The number of rotatable bonds is 1. The SMILES string of the molecule is CCc1c(F)c(F)c(F)c(F)c1S. The van der Waals surface area contributed by atoms with E-state index in [0.29, 0.717) is 0 Å². The molecule has 0 aromatic heterocycles. The molecular formula is C8H6F4S. The Kier molecular flexibility index (Phi) is 2.85. The highest BCUT2D eigenvalue weighted by molar-refractivity contribution is 7.80. The molecule has 13 heavy (non-hydrogen) atoms. The Bertz CT molecular complexity index is 319. The van der Waals surface area contributed by atoms with E-state index in [9.17, 15) is 17.6 Å². The molecule has 0 bridgehead atoms. The summed E-state index contributed by atoms with van der Waals surface area (Å²) in [6, 6.07) is 0. The van der Waals surface area contributed by atoms with E-state index in [2.05, 4.69) is 12.6 Å². The van der Waals surface area contributed by atoms with Crippen LogP contribution in [0.4, 0.5) is 17.6 Å². The van der Waals surface area contributed by atoms with Crippen molar-refractivity contribution in [3.05, 3.63) is 28.8 Å². The van der Waals surface area contributed by atoms with Gasteiger partial charge in [0.1, 0.15) is 0 Å². The van der Waals surface area contributed by atoms with Crippen molar-refractivity contribution < 1.29 is 17.6 Å². The molecule has 5 heteroatoms. The molecular weight excluding hydrogens is 204 g/mol. The van der Waals surface area contributed by atoms with E-state index >= 15 is 0 Å². The van der Waals surface area contributed by atoms with Crippen molar-refractivity contribution in [1.29, 1.82) is 0 Å². The molecule has 0 saturated heterocycles. The molecule has 1 rings (SSSR count). The van der Waals surface area contributed by atoms with Crippen LogP contribution in [0.25, 0.3) is 0 Å². The number of hydrogen-bond donors (Lipinski definition) is 1. The molecule has 0 N–H and O–H groups in total. The lowest BCUT2D eigenvalue weighted by atomic mass is 10.1. The molecule has 0 spiro atoms. The van der Waals surface area contributed by atoms with E-state index in [0.717, 1.165) is 0 Å². The van der Waals surface area contributed by atoms with E-state index in [4.69, 9.17) is 0 Å². The lowest BCUT2D eigenvalue weighted by molar-refractivity contribution is 0.392. The van der Waals surface area contributed by atoms with Crippen LogP contribution < -0.4 is 0 Å². The summed E-state index contributed by atoms with van der Waals surface area (Å²) in [6.45, 7) is 1.49. The summed E-state index contributed by atoms with van der Waals surface area (Å²) in [7, 11) is 0. The van der Waals surface area contributed by atoms with Gasteiger partial charge in [-0.2, -0.15) is 0 Å². The summed E-state index contributed by atoms with van der Waals surface area (Å²) in [4.78, 5) is -0.473. The van der Waals surface area contributed by atoms with E-state index in [1.807, 2.05) is 0 Å². The zero-order chi connectivity index (χ0) is 10.2. The van der Waals surface area contributed by atoms with Gasteiger partial charge in [0.05, 0.1) is 0 Å². The van der Waals surface area contributed by atoms with Crippen molar-refractivity contribution in [2.75, 3.05) is 0 Å². The smallest absolute Gasteiger partial charge is 0.198 e. The molecule has 0 amide bonds. The first-order chi connectivity index (χ1) is 6.00. The van der Waals surface area contributed by atoms with Gasteiger partial charge in [0.25, 0.3) is 0 Å². The Morgan fingerprint density at radius 1 is 0.923 bits per heavy atom. The van der Waals surface area contributed by atoms with E-state index in [-0.39, 0.29) is 12.0 Å². The highest BCUT2D eigenvalue weighted by atomic mass is 32.1. The molecule has 1 aromatic rings. The summed E-state index contributed by atoms with van der Waals surface area (Å²) in [6.07, 6.45) is 0.0544. The predicted octanol–water partition coefficient (Wildman–Crippen LogP) is 3.09. The maximum absolute atomic E-state index is 12.9. The first-order valence-electron chi connectivity index (χ1n) is 3.54. The molecule has 0 atom stereocenters. The van der Waals surface area contributed by atoms with Gasteiger partial charge in [-0.05, 0) is 6.42 Å². The van der Waals surface area contributed by atoms with Gasteiger partial charge in [0.15, 0.2) is 23.3 Å². The Labute approximate surface area is 78.0 Å². The standard InChI is InChI=1S/C8H6F4S/c1-2-3-4(9)5(10)6(11)7(12)8(3)13/h13H,2H2,1H3. The maximum Gasteiger partial charge on any atom is 0.198 e. The largest absolute Gasteiger partial charge is 0.203 e. The van der Waals surface area contributed by atoms with Crippen LogP contribution in [0.15, 0.2) is 4.90 Å². The molecule has 0 fully saturated rings. The van der Waals surface area contributed by atoms with Gasteiger partial charge in [0, 0.05) is 10.5 Å². The lowest BCUT2D eigenvalue weighted by Gasteiger charge is -2.06. The molecule has 0 aliphatic heterocycles. The van der Waals surface area contributed by atoms with E-state index in [1.165, 1.54) is 6.92 Å². The van der Waals surface area contributed by atoms with Crippen LogP contribution in [-0.2, 0) is 6.42 Å². The Morgan fingerprint density at radius 2 is 1.38 bits per heavy atom. The van der Waals surface area contributed by atoms with E-state index in [1.54, 1.807) is 0 Å². The third-order valence-electron chi connectivity index (χ3n) is 1.69. The topological polar surface area (TPSA) is 0 Å². The third-order valence-corrected chi connectivity index (χ3v) is 2.16. The van der Waals surface area contributed by atoms with Crippen LogP contribution >= 0.6 is 12.6 Å². The van der Waals surface area contributed by atoms with Crippen molar-refractivity contribution in [2.24, 2.45) is 0 Å². The number of thiol groups is 1. The van der Waals surface area contributed by atoms with E-state index < -0.39 is 28.2 Å². The minimum absolute atomic E-state index is 0.0544. The number of benzene rings is 1. The molecule has 0 unspecified atom stereocenters. The van der Waals surface area contributed by atoms with Crippen molar-refractivity contribution in [1.82, 2.24) is 0 Å².